The van der Waals surface area contributed by atoms with Crippen molar-refractivity contribution in [3.63, 3.8) is 0 Å². The van der Waals surface area contributed by atoms with Crippen LogP contribution in [0.15, 0.2) is 11.6 Å². The molecule has 4 rings (SSSR count). The molecule has 4 aliphatic carbocycles. The summed E-state index contributed by atoms with van der Waals surface area (Å²) in [5, 5.41) is 11.3. The van der Waals surface area contributed by atoms with Gasteiger partial charge in [0.2, 0.25) is 0 Å². The van der Waals surface area contributed by atoms with Gasteiger partial charge < -0.3 is 9.84 Å². The molecule has 4 nitrogen and oxygen atoms in total. The Hall–Kier alpha value is -1.16. The largest absolute Gasteiger partial charge is 0.462 e. The first kappa shape index (κ1) is 22.0. The third-order valence-electron chi connectivity index (χ3n) is 9.68. The summed E-state index contributed by atoms with van der Waals surface area (Å²) in [6, 6.07) is 0. The lowest BCUT2D eigenvalue weighted by atomic mass is 9.47. The summed E-state index contributed by atoms with van der Waals surface area (Å²) in [6.45, 7) is 11.9. The standard InChI is InChI=1S/C26H40O4/c1-16(27)26(29)14-11-21-19-8-7-17-15-18(30-22(28)23(2,3)4)9-12-24(17,5)20(19)10-13-25(21,26)6/h7,18-21,29H,8-15H2,1-6H3/t18-,19+,20-,21-,24-,25-,26-/m0/s1. The molecular formula is C26H40O4. The van der Waals surface area contributed by atoms with Gasteiger partial charge >= 0.3 is 5.97 Å². The van der Waals surface area contributed by atoms with Gasteiger partial charge in [0, 0.05) is 11.8 Å². The number of ketones is 1. The number of carbonyl (C=O) groups is 2. The SMILES string of the molecule is CC(=O)[C@@]1(O)CC[C@H]2[C@@H]3CC=C4C[C@@H](OC(=O)C(C)(C)C)CC[C@]4(C)[C@H]3CC[C@@]21C. The van der Waals surface area contributed by atoms with Gasteiger partial charge in [0.1, 0.15) is 11.7 Å². The van der Waals surface area contributed by atoms with E-state index in [0.29, 0.717) is 24.2 Å². The second-order valence-corrected chi connectivity index (χ2v) is 12.2. The highest BCUT2D eigenvalue weighted by molar-refractivity contribution is 5.86. The zero-order valence-corrected chi connectivity index (χ0v) is 19.7. The minimum absolute atomic E-state index is 0.00394. The van der Waals surface area contributed by atoms with Crippen LogP contribution >= 0.6 is 0 Å². The minimum Gasteiger partial charge on any atom is -0.462 e. The van der Waals surface area contributed by atoms with Crippen LogP contribution in [0.4, 0.5) is 0 Å². The van der Waals surface area contributed by atoms with Crippen molar-refractivity contribution in [1.29, 1.82) is 0 Å². The Labute approximate surface area is 181 Å². The predicted molar refractivity (Wildman–Crippen MR) is 117 cm³/mol. The number of allylic oxidation sites excluding steroid dienone is 1. The highest BCUT2D eigenvalue weighted by Gasteiger charge is 2.65. The highest BCUT2D eigenvalue weighted by atomic mass is 16.5. The zero-order chi connectivity index (χ0) is 22.1. The van der Waals surface area contributed by atoms with E-state index >= 15 is 0 Å². The summed E-state index contributed by atoms with van der Waals surface area (Å²) in [6.07, 6.45) is 9.88. The maximum absolute atomic E-state index is 12.4. The average molecular weight is 417 g/mol. The molecule has 3 saturated carbocycles. The minimum atomic E-state index is -1.15. The molecular weight excluding hydrogens is 376 g/mol. The fourth-order valence-electron chi connectivity index (χ4n) is 7.65. The summed E-state index contributed by atoms with van der Waals surface area (Å²) >= 11 is 0. The Balaban J connectivity index is 1.55. The van der Waals surface area contributed by atoms with E-state index in [9.17, 15) is 14.7 Å². The average Bonchev–Trinajstić information content (AvgIpc) is 2.94. The van der Waals surface area contributed by atoms with E-state index in [0.717, 1.165) is 44.9 Å². The molecule has 4 heteroatoms. The van der Waals surface area contributed by atoms with Crippen LogP contribution in [0, 0.1) is 34.0 Å². The van der Waals surface area contributed by atoms with Gasteiger partial charge in [-0.15, -0.1) is 0 Å². The van der Waals surface area contributed by atoms with Gasteiger partial charge in [-0.25, -0.2) is 0 Å². The summed E-state index contributed by atoms with van der Waals surface area (Å²) in [5.74, 6) is 1.40. The number of ether oxygens (including phenoxy) is 1. The zero-order valence-electron chi connectivity index (χ0n) is 19.7. The third kappa shape index (κ3) is 3.04. The van der Waals surface area contributed by atoms with Gasteiger partial charge in [-0.2, -0.15) is 0 Å². The molecule has 0 aromatic rings. The molecule has 30 heavy (non-hydrogen) atoms. The van der Waals surface area contributed by atoms with E-state index in [1.54, 1.807) is 6.92 Å². The second-order valence-electron chi connectivity index (χ2n) is 12.2. The monoisotopic (exact) mass is 416 g/mol. The second kappa shape index (κ2) is 6.92. The molecule has 0 unspecified atom stereocenters. The Bertz CT molecular complexity index is 776. The van der Waals surface area contributed by atoms with Crippen LogP contribution in [0.3, 0.4) is 0 Å². The van der Waals surface area contributed by atoms with E-state index in [1.165, 1.54) is 5.57 Å². The van der Waals surface area contributed by atoms with Crippen molar-refractivity contribution in [2.75, 3.05) is 0 Å². The lowest BCUT2D eigenvalue weighted by Gasteiger charge is -2.58. The van der Waals surface area contributed by atoms with Crippen LogP contribution in [-0.2, 0) is 14.3 Å². The van der Waals surface area contributed by atoms with Crippen molar-refractivity contribution in [2.45, 2.75) is 105 Å². The van der Waals surface area contributed by atoms with Crippen molar-refractivity contribution in [3.8, 4) is 0 Å². The van der Waals surface area contributed by atoms with E-state index in [4.69, 9.17) is 4.74 Å². The molecule has 0 heterocycles. The summed E-state index contributed by atoms with van der Waals surface area (Å²) in [5.41, 5.74) is -0.263. The fourth-order valence-corrected chi connectivity index (χ4v) is 7.65. The molecule has 0 radical (unpaired) electrons. The molecule has 0 aromatic heterocycles. The molecule has 3 fully saturated rings. The Morgan fingerprint density at radius 2 is 1.73 bits per heavy atom. The van der Waals surface area contributed by atoms with Gasteiger partial charge in [-0.1, -0.05) is 25.5 Å². The van der Waals surface area contributed by atoms with Crippen LogP contribution in [-0.4, -0.2) is 28.6 Å². The van der Waals surface area contributed by atoms with Crippen molar-refractivity contribution in [1.82, 2.24) is 0 Å². The van der Waals surface area contributed by atoms with Gasteiger partial charge in [-0.05, 0) is 95.8 Å². The van der Waals surface area contributed by atoms with E-state index in [-0.39, 0.29) is 28.7 Å². The maximum atomic E-state index is 12.4. The quantitative estimate of drug-likeness (QED) is 0.495. The molecule has 168 valence electrons. The first-order valence-corrected chi connectivity index (χ1v) is 12.0. The smallest absolute Gasteiger partial charge is 0.311 e. The number of esters is 1. The van der Waals surface area contributed by atoms with Gasteiger partial charge in [0.05, 0.1) is 5.41 Å². The van der Waals surface area contributed by atoms with Crippen LogP contribution in [0.2, 0.25) is 0 Å². The normalized spacial score (nSPS) is 45.6. The molecule has 1 N–H and O–H groups in total. The number of hydrogen-bond donors (Lipinski definition) is 1. The highest BCUT2D eigenvalue weighted by Crippen LogP contribution is 2.67. The Morgan fingerprint density at radius 3 is 2.37 bits per heavy atom. The number of aliphatic hydroxyl groups is 1. The van der Waals surface area contributed by atoms with Crippen molar-refractivity contribution in [3.05, 3.63) is 11.6 Å². The van der Waals surface area contributed by atoms with Crippen LogP contribution in [0.1, 0.15) is 92.9 Å². The van der Waals surface area contributed by atoms with Crippen molar-refractivity contribution >= 4 is 11.8 Å². The van der Waals surface area contributed by atoms with Crippen LogP contribution in [0.5, 0.6) is 0 Å². The Morgan fingerprint density at radius 1 is 1.07 bits per heavy atom. The number of rotatable bonds is 2. The molecule has 0 aliphatic heterocycles. The first-order valence-electron chi connectivity index (χ1n) is 12.0. The first-order chi connectivity index (χ1) is 13.8. The topological polar surface area (TPSA) is 63.6 Å². The molecule has 7 atom stereocenters. The molecule has 0 amide bonds. The van der Waals surface area contributed by atoms with Gasteiger partial charge in [0.25, 0.3) is 0 Å². The number of Topliss-reactive ketones (excluding diaryl/α,β-unsaturated/α-hetero) is 1. The summed E-state index contributed by atoms with van der Waals surface area (Å²) < 4.78 is 5.87. The maximum Gasteiger partial charge on any atom is 0.311 e. The lowest BCUT2D eigenvalue weighted by Crippen LogP contribution is -2.57. The molecule has 0 aromatic carbocycles. The Kier molecular flexibility index (Phi) is 5.08. The predicted octanol–water partition coefficient (Wildman–Crippen LogP) is 5.23. The third-order valence-corrected chi connectivity index (χ3v) is 9.68. The summed E-state index contributed by atoms with van der Waals surface area (Å²) in [7, 11) is 0. The van der Waals surface area contributed by atoms with E-state index in [2.05, 4.69) is 19.9 Å². The number of carbonyl (C=O) groups excluding carboxylic acids is 2. The molecule has 0 bridgehead atoms. The van der Waals surface area contributed by atoms with E-state index in [1.807, 2.05) is 20.8 Å². The molecule has 0 spiro atoms. The molecule has 4 aliphatic rings. The van der Waals surface area contributed by atoms with E-state index < -0.39 is 11.0 Å². The van der Waals surface area contributed by atoms with Gasteiger partial charge in [-0.3, -0.25) is 9.59 Å². The van der Waals surface area contributed by atoms with Crippen molar-refractivity contribution < 1.29 is 19.4 Å². The van der Waals surface area contributed by atoms with Crippen LogP contribution < -0.4 is 0 Å². The lowest BCUT2D eigenvalue weighted by molar-refractivity contribution is -0.164. The number of hydrogen-bond acceptors (Lipinski definition) is 4. The number of fused-ring (bicyclic) bond motifs is 5. The fraction of sp³-hybridized carbons (Fsp3) is 0.846. The summed E-state index contributed by atoms with van der Waals surface area (Å²) in [4.78, 5) is 24.8. The van der Waals surface area contributed by atoms with Crippen molar-refractivity contribution in [2.24, 2.45) is 34.0 Å². The van der Waals surface area contributed by atoms with Crippen LogP contribution in [0.25, 0.3) is 0 Å². The van der Waals surface area contributed by atoms with Gasteiger partial charge in [0.15, 0.2) is 5.78 Å². The molecule has 0 saturated heterocycles.